The lowest BCUT2D eigenvalue weighted by molar-refractivity contribution is -0.139. The number of benzene rings is 2. The highest BCUT2D eigenvalue weighted by Crippen LogP contribution is 2.36. The van der Waals surface area contributed by atoms with Crippen molar-refractivity contribution in [2.45, 2.75) is 60.6 Å². The summed E-state index contributed by atoms with van der Waals surface area (Å²) in [7, 11) is 0. The minimum atomic E-state index is -0.764. The van der Waals surface area contributed by atoms with Gasteiger partial charge in [0.15, 0.2) is 10.6 Å². The normalized spacial score (nSPS) is 15.0. The van der Waals surface area contributed by atoms with E-state index in [0.717, 1.165) is 22.6 Å². The number of hydrogen-bond acceptors (Lipinski definition) is 7. The first kappa shape index (κ1) is 30.0. The lowest BCUT2D eigenvalue weighted by atomic mass is 9.95. The van der Waals surface area contributed by atoms with Crippen molar-refractivity contribution in [1.82, 2.24) is 9.13 Å². The predicted octanol–water partition coefficient (Wildman–Crippen LogP) is 5.20. The molecule has 2 aromatic carbocycles. The van der Waals surface area contributed by atoms with Gasteiger partial charge in [0.1, 0.15) is 11.8 Å². The lowest BCUT2D eigenvalue weighted by Crippen LogP contribution is -2.40. The maximum absolute atomic E-state index is 14.2. The summed E-state index contributed by atoms with van der Waals surface area (Å²) in [5.41, 5.74) is 5.67. The van der Waals surface area contributed by atoms with Gasteiger partial charge in [-0.25, -0.2) is 9.79 Å². The zero-order valence-electron chi connectivity index (χ0n) is 25.4. The van der Waals surface area contributed by atoms with Gasteiger partial charge in [0.2, 0.25) is 0 Å². The van der Waals surface area contributed by atoms with E-state index in [4.69, 9.17) is 14.5 Å². The monoisotopic (exact) mass is 597 g/mol. The molecule has 0 radical (unpaired) electrons. The molecule has 1 aliphatic heterocycles. The van der Waals surface area contributed by atoms with Crippen molar-refractivity contribution in [3.8, 4) is 11.4 Å². The summed E-state index contributed by atoms with van der Waals surface area (Å²) in [5.74, 6) is 0.0937. The number of allylic oxidation sites excluding steroid dienone is 1. The van der Waals surface area contributed by atoms with Gasteiger partial charge in [-0.15, -0.1) is 0 Å². The molecular formula is C34H35N3O5S. The van der Waals surface area contributed by atoms with E-state index in [2.05, 4.69) is 4.57 Å². The Bertz CT molecular complexity index is 1940. The second kappa shape index (κ2) is 12.0. The Morgan fingerprint density at radius 1 is 1.07 bits per heavy atom. The number of ketones is 1. The van der Waals surface area contributed by atoms with Crippen molar-refractivity contribution in [3.63, 3.8) is 0 Å². The first-order valence-corrected chi connectivity index (χ1v) is 15.1. The molecule has 0 unspecified atom stereocenters. The average molecular weight is 598 g/mol. The molecule has 0 bridgehead atoms. The van der Waals surface area contributed by atoms with Crippen molar-refractivity contribution in [2.75, 3.05) is 6.61 Å². The molecule has 222 valence electrons. The van der Waals surface area contributed by atoms with Crippen LogP contribution in [-0.4, -0.2) is 33.6 Å². The summed E-state index contributed by atoms with van der Waals surface area (Å²) < 4.78 is 15.7. The molecule has 2 aromatic heterocycles. The van der Waals surface area contributed by atoms with E-state index < -0.39 is 12.0 Å². The lowest BCUT2D eigenvalue weighted by Gasteiger charge is -2.26. The fourth-order valence-electron chi connectivity index (χ4n) is 5.47. The van der Waals surface area contributed by atoms with Crippen LogP contribution in [-0.2, 0) is 9.53 Å². The molecular weight excluding hydrogens is 562 g/mol. The summed E-state index contributed by atoms with van der Waals surface area (Å²) in [6.07, 6.45) is 1.77. The number of Topliss-reactive ketones (excluding diaryl/α,β-unsaturated/α-hetero) is 1. The Labute approximate surface area is 254 Å². The SMILES string of the molecule is CCOC(=O)C1=C(C)N=c2s/c(=C/c3cc(C)n(-c4ccc(C(C)=O)cc4)c3C)c(=O)n2[C@@H]1c1ccccc1OC(C)C. The molecule has 0 spiro atoms. The van der Waals surface area contributed by atoms with Gasteiger partial charge >= 0.3 is 5.97 Å². The fourth-order valence-corrected chi connectivity index (χ4v) is 6.51. The van der Waals surface area contributed by atoms with E-state index >= 15 is 0 Å². The molecule has 5 rings (SSSR count). The average Bonchev–Trinajstić information content (AvgIpc) is 3.41. The third kappa shape index (κ3) is 5.64. The van der Waals surface area contributed by atoms with Crippen molar-refractivity contribution in [1.29, 1.82) is 0 Å². The number of aryl methyl sites for hydroxylation is 1. The maximum Gasteiger partial charge on any atom is 0.338 e. The highest BCUT2D eigenvalue weighted by molar-refractivity contribution is 7.07. The van der Waals surface area contributed by atoms with Gasteiger partial charge < -0.3 is 14.0 Å². The van der Waals surface area contributed by atoms with E-state index in [1.54, 1.807) is 25.3 Å². The predicted molar refractivity (Wildman–Crippen MR) is 168 cm³/mol. The number of aromatic nitrogens is 2. The Morgan fingerprint density at radius 3 is 2.42 bits per heavy atom. The maximum atomic E-state index is 14.2. The fraction of sp³-hybridized carbons (Fsp3) is 0.294. The highest BCUT2D eigenvalue weighted by Gasteiger charge is 2.35. The van der Waals surface area contributed by atoms with E-state index in [-0.39, 0.29) is 24.1 Å². The van der Waals surface area contributed by atoms with Crippen molar-refractivity contribution < 1.29 is 19.1 Å². The van der Waals surface area contributed by atoms with E-state index in [1.165, 1.54) is 11.3 Å². The van der Waals surface area contributed by atoms with Crippen LogP contribution in [0.4, 0.5) is 0 Å². The second-order valence-electron chi connectivity index (χ2n) is 10.8. The molecule has 0 saturated carbocycles. The quantitative estimate of drug-likeness (QED) is 0.206. The van der Waals surface area contributed by atoms with E-state index in [1.807, 2.05) is 88.4 Å². The third-order valence-corrected chi connectivity index (χ3v) is 8.37. The zero-order chi connectivity index (χ0) is 31.0. The first-order valence-electron chi connectivity index (χ1n) is 14.3. The molecule has 8 nitrogen and oxygen atoms in total. The van der Waals surface area contributed by atoms with Gasteiger partial charge in [-0.05, 0) is 96.5 Å². The van der Waals surface area contributed by atoms with Crippen molar-refractivity contribution >= 4 is 29.2 Å². The van der Waals surface area contributed by atoms with E-state index in [0.29, 0.717) is 37.5 Å². The van der Waals surface area contributed by atoms with Gasteiger partial charge in [0, 0.05) is 28.2 Å². The van der Waals surface area contributed by atoms with Crippen molar-refractivity contribution in [2.24, 2.45) is 4.99 Å². The van der Waals surface area contributed by atoms with Gasteiger partial charge in [-0.3, -0.25) is 14.2 Å². The van der Waals surface area contributed by atoms with Gasteiger partial charge in [-0.2, -0.15) is 0 Å². The summed E-state index contributed by atoms with van der Waals surface area (Å²) in [5, 5.41) is 0. The molecule has 9 heteroatoms. The van der Waals surface area contributed by atoms with Gasteiger partial charge in [0.05, 0.1) is 28.5 Å². The molecule has 0 amide bonds. The van der Waals surface area contributed by atoms with Crippen LogP contribution in [0.3, 0.4) is 0 Å². The molecule has 43 heavy (non-hydrogen) atoms. The number of ether oxygens (including phenoxy) is 2. The minimum absolute atomic E-state index is 0.0154. The van der Waals surface area contributed by atoms with Gasteiger partial charge in [0.25, 0.3) is 5.56 Å². The van der Waals surface area contributed by atoms with Gasteiger partial charge in [-0.1, -0.05) is 29.5 Å². The number of carbonyl (C=O) groups is 2. The van der Waals surface area contributed by atoms with E-state index in [9.17, 15) is 14.4 Å². The van der Waals surface area contributed by atoms with Crippen LogP contribution in [0.25, 0.3) is 11.8 Å². The second-order valence-corrected chi connectivity index (χ2v) is 11.8. The topological polar surface area (TPSA) is 91.9 Å². The number of thiazole rings is 1. The molecule has 3 heterocycles. The van der Waals surface area contributed by atoms with Crippen LogP contribution in [0.1, 0.15) is 73.5 Å². The van der Waals surface area contributed by atoms with Crippen LogP contribution < -0.4 is 19.6 Å². The number of rotatable bonds is 8. The Kier molecular flexibility index (Phi) is 8.37. The van der Waals surface area contributed by atoms with Crippen LogP contribution in [0.15, 0.2) is 75.7 Å². The highest BCUT2D eigenvalue weighted by atomic mass is 32.1. The third-order valence-electron chi connectivity index (χ3n) is 7.38. The first-order chi connectivity index (χ1) is 20.5. The number of fused-ring (bicyclic) bond motifs is 1. The van der Waals surface area contributed by atoms with Crippen LogP contribution >= 0.6 is 11.3 Å². The molecule has 0 aliphatic carbocycles. The van der Waals surface area contributed by atoms with Crippen LogP contribution in [0, 0.1) is 13.8 Å². The number of carbonyl (C=O) groups excluding carboxylic acids is 2. The number of nitrogens with zero attached hydrogens (tertiary/aromatic N) is 3. The standard InChI is InChI=1S/C34H35N3O5S/c1-8-41-33(40)30-21(5)35-34-37(31(30)27-11-9-10-12-28(27)42-19(2)3)32(39)29(43-34)18-25-17-20(4)36(22(25)6)26-15-13-24(14-16-26)23(7)38/h9-19,31H,8H2,1-7H3/b29-18+/t31-/m1/s1. The summed E-state index contributed by atoms with van der Waals surface area (Å²) in [6.45, 7) is 13.1. The summed E-state index contributed by atoms with van der Waals surface area (Å²) in [6, 6.07) is 16.2. The molecule has 0 fully saturated rings. The smallest absolute Gasteiger partial charge is 0.338 e. The molecule has 1 atom stereocenters. The number of hydrogen-bond donors (Lipinski definition) is 0. The molecule has 4 aromatic rings. The Hall–Kier alpha value is -4.50. The van der Waals surface area contributed by atoms with Crippen LogP contribution in [0.2, 0.25) is 0 Å². The molecule has 0 N–H and O–H groups in total. The summed E-state index contributed by atoms with van der Waals surface area (Å²) >= 11 is 1.29. The number of para-hydroxylation sites is 1. The minimum Gasteiger partial charge on any atom is -0.491 e. The summed E-state index contributed by atoms with van der Waals surface area (Å²) in [4.78, 5) is 44.4. The molecule has 0 saturated heterocycles. The zero-order valence-corrected chi connectivity index (χ0v) is 26.2. The molecule has 1 aliphatic rings. The largest absolute Gasteiger partial charge is 0.491 e. The van der Waals surface area contributed by atoms with Crippen molar-refractivity contribution in [3.05, 3.63) is 114 Å². The Balaban J connectivity index is 1.68. The Morgan fingerprint density at radius 2 is 1.77 bits per heavy atom. The number of esters is 1. The van der Waals surface area contributed by atoms with Crippen LogP contribution in [0.5, 0.6) is 5.75 Å².